The van der Waals surface area contributed by atoms with Crippen LogP contribution in [0.2, 0.25) is 5.02 Å². The van der Waals surface area contributed by atoms with Gasteiger partial charge in [-0.2, -0.15) is 0 Å². The van der Waals surface area contributed by atoms with Crippen molar-refractivity contribution in [2.24, 2.45) is 0 Å². The molecule has 0 radical (unpaired) electrons. The van der Waals surface area contributed by atoms with E-state index >= 15 is 0 Å². The molecule has 25 heavy (non-hydrogen) atoms. The van der Waals surface area contributed by atoms with Crippen molar-refractivity contribution in [2.75, 3.05) is 10.6 Å². The van der Waals surface area contributed by atoms with Gasteiger partial charge in [0.05, 0.1) is 6.54 Å². The van der Waals surface area contributed by atoms with Crippen LogP contribution >= 0.6 is 23.8 Å². The van der Waals surface area contributed by atoms with E-state index in [-0.39, 0.29) is 5.82 Å². The van der Waals surface area contributed by atoms with Crippen LogP contribution < -0.4 is 10.6 Å². The van der Waals surface area contributed by atoms with Gasteiger partial charge in [-0.15, -0.1) is 5.10 Å². The Kier molecular flexibility index (Phi) is 5.25. The zero-order valence-electron chi connectivity index (χ0n) is 13.3. The molecule has 0 spiro atoms. The summed E-state index contributed by atoms with van der Waals surface area (Å²) in [6, 6.07) is 11.9. The molecule has 128 valence electrons. The molecule has 0 saturated carbocycles. The smallest absolute Gasteiger partial charge is 0.248 e. The Morgan fingerprint density at radius 1 is 1.24 bits per heavy atom. The van der Waals surface area contributed by atoms with E-state index in [2.05, 4.69) is 20.7 Å². The van der Waals surface area contributed by atoms with Gasteiger partial charge in [0.25, 0.3) is 0 Å². The number of nitrogens with zero attached hydrogens (tertiary/aromatic N) is 3. The Morgan fingerprint density at radius 2 is 2.08 bits per heavy atom. The highest BCUT2D eigenvalue weighted by atomic mass is 35.5. The molecule has 0 aliphatic heterocycles. The number of aromatic nitrogens is 3. The molecule has 0 aliphatic rings. The highest BCUT2D eigenvalue weighted by molar-refractivity contribution is 7.80. The zero-order chi connectivity index (χ0) is 17.8. The molecular weight excluding hydrogens is 361 g/mol. The molecule has 3 rings (SSSR count). The molecular formula is C17H15ClFN5S. The van der Waals surface area contributed by atoms with Gasteiger partial charge >= 0.3 is 0 Å². The number of anilines is 2. The fraction of sp³-hybridized carbons (Fsp3) is 0.118. The molecule has 0 unspecified atom stereocenters. The van der Waals surface area contributed by atoms with Crippen LogP contribution in [0.15, 0.2) is 48.8 Å². The maximum Gasteiger partial charge on any atom is 0.248 e. The van der Waals surface area contributed by atoms with Crippen LogP contribution in [0.5, 0.6) is 0 Å². The molecule has 2 aromatic carbocycles. The topological polar surface area (TPSA) is 54.8 Å². The third-order valence-corrected chi connectivity index (χ3v) is 4.04. The summed E-state index contributed by atoms with van der Waals surface area (Å²) in [5.74, 6) is 0.0743. The van der Waals surface area contributed by atoms with E-state index < -0.39 is 0 Å². The molecule has 8 heteroatoms. The molecule has 5 nitrogen and oxygen atoms in total. The first-order valence-electron chi connectivity index (χ1n) is 7.47. The standard InChI is InChI=1S/C17H15ClFN5S/c1-11-5-6-14(8-15(11)18)21-17(25)22-16-20-10-24(23-16)9-12-3-2-4-13(19)7-12/h2-8,10H,9H2,1H3,(H2,21,22,23,25). The van der Waals surface area contributed by atoms with E-state index in [4.69, 9.17) is 23.8 Å². The van der Waals surface area contributed by atoms with Crippen LogP contribution in [0, 0.1) is 12.7 Å². The van der Waals surface area contributed by atoms with Gasteiger partial charge in [0.1, 0.15) is 12.1 Å². The third-order valence-electron chi connectivity index (χ3n) is 3.43. The van der Waals surface area contributed by atoms with Crippen LogP contribution in [0.1, 0.15) is 11.1 Å². The van der Waals surface area contributed by atoms with E-state index in [9.17, 15) is 4.39 Å². The number of hydrogen-bond acceptors (Lipinski definition) is 3. The lowest BCUT2D eigenvalue weighted by molar-refractivity contribution is 0.619. The second kappa shape index (κ2) is 7.58. The lowest BCUT2D eigenvalue weighted by Gasteiger charge is -2.09. The summed E-state index contributed by atoms with van der Waals surface area (Å²) in [7, 11) is 0. The maximum absolute atomic E-state index is 13.2. The van der Waals surface area contributed by atoms with Gasteiger partial charge in [-0.25, -0.2) is 14.1 Å². The van der Waals surface area contributed by atoms with Crippen LogP contribution in [0.3, 0.4) is 0 Å². The van der Waals surface area contributed by atoms with Gasteiger partial charge in [0.2, 0.25) is 5.95 Å². The van der Waals surface area contributed by atoms with Crippen molar-refractivity contribution in [3.63, 3.8) is 0 Å². The predicted octanol–water partition coefficient (Wildman–Crippen LogP) is 4.24. The van der Waals surface area contributed by atoms with Gasteiger partial charge < -0.3 is 5.32 Å². The van der Waals surface area contributed by atoms with Gasteiger partial charge in [0.15, 0.2) is 5.11 Å². The van der Waals surface area contributed by atoms with Crippen molar-refractivity contribution in [3.05, 3.63) is 70.8 Å². The number of halogens is 2. The van der Waals surface area contributed by atoms with Gasteiger partial charge in [-0.3, -0.25) is 5.32 Å². The van der Waals surface area contributed by atoms with Crippen LogP contribution in [0.4, 0.5) is 16.0 Å². The second-order valence-electron chi connectivity index (χ2n) is 5.44. The molecule has 0 atom stereocenters. The van der Waals surface area contributed by atoms with Crippen molar-refractivity contribution in [3.8, 4) is 0 Å². The number of aryl methyl sites for hydroxylation is 1. The predicted molar refractivity (Wildman–Crippen MR) is 102 cm³/mol. The minimum Gasteiger partial charge on any atom is -0.332 e. The normalized spacial score (nSPS) is 10.5. The van der Waals surface area contributed by atoms with Crippen molar-refractivity contribution in [1.82, 2.24) is 14.8 Å². The number of benzene rings is 2. The number of hydrogen-bond donors (Lipinski definition) is 2. The zero-order valence-corrected chi connectivity index (χ0v) is 14.9. The molecule has 0 bridgehead atoms. The Balaban J connectivity index is 1.60. The first kappa shape index (κ1) is 17.3. The number of rotatable bonds is 4. The summed E-state index contributed by atoms with van der Waals surface area (Å²) >= 11 is 11.3. The minimum atomic E-state index is -0.280. The molecule has 1 heterocycles. The first-order chi connectivity index (χ1) is 12.0. The van der Waals surface area contributed by atoms with E-state index in [0.29, 0.717) is 22.6 Å². The Bertz CT molecular complexity index is 912. The van der Waals surface area contributed by atoms with Gasteiger partial charge in [-0.05, 0) is 54.5 Å². The largest absolute Gasteiger partial charge is 0.332 e. The average molecular weight is 376 g/mol. The molecule has 0 amide bonds. The summed E-state index contributed by atoms with van der Waals surface area (Å²) in [6.07, 6.45) is 1.55. The monoisotopic (exact) mass is 375 g/mol. The quantitative estimate of drug-likeness (QED) is 0.668. The maximum atomic E-state index is 13.2. The van der Waals surface area contributed by atoms with Crippen molar-refractivity contribution in [2.45, 2.75) is 13.5 Å². The summed E-state index contributed by atoms with van der Waals surface area (Å²) in [5.41, 5.74) is 2.56. The third kappa shape index (κ3) is 4.74. The Hall–Kier alpha value is -2.51. The molecule has 0 saturated heterocycles. The van der Waals surface area contributed by atoms with Crippen LogP contribution in [0.25, 0.3) is 0 Å². The Labute approximate surface area is 154 Å². The fourth-order valence-corrected chi connectivity index (χ4v) is 2.57. The van der Waals surface area contributed by atoms with E-state index in [1.165, 1.54) is 12.1 Å². The van der Waals surface area contributed by atoms with E-state index in [0.717, 1.165) is 16.8 Å². The molecule has 2 N–H and O–H groups in total. The van der Waals surface area contributed by atoms with Crippen molar-refractivity contribution >= 4 is 40.6 Å². The Morgan fingerprint density at radius 3 is 2.84 bits per heavy atom. The molecule has 1 aromatic heterocycles. The van der Waals surface area contributed by atoms with E-state index in [1.807, 2.05) is 25.1 Å². The lowest BCUT2D eigenvalue weighted by Crippen LogP contribution is -2.20. The minimum absolute atomic E-state index is 0.280. The highest BCUT2D eigenvalue weighted by Gasteiger charge is 2.06. The average Bonchev–Trinajstić information content (AvgIpc) is 2.98. The van der Waals surface area contributed by atoms with Crippen molar-refractivity contribution in [1.29, 1.82) is 0 Å². The first-order valence-corrected chi connectivity index (χ1v) is 8.26. The van der Waals surface area contributed by atoms with E-state index in [1.54, 1.807) is 23.1 Å². The highest BCUT2D eigenvalue weighted by Crippen LogP contribution is 2.20. The SMILES string of the molecule is Cc1ccc(NC(=S)Nc2ncn(Cc3cccc(F)c3)n2)cc1Cl. The lowest BCUT2D eigenvalue weighted by atomic mass is 10.2. The molecule has 0 aliphatic carbocycles. The summed E-state index contributed by atoms with van der Waals surface area (Å²) < 4.78 is 14.8. The number of thiocarbonyl (C=S) groups is 1. The van der Waals surface area contributed by atoms with Gasteiger partial charge in [-0.1, -0.05) is 29.8 Å². The fourth-order valence-electron chi connectivity index (χ4n) is 2.18. The summed E-state index contributed by atoms with van der Waals surface area (Å²) in [4.78, 5) is 4.14. The second-order valence-corrected chi connectivity index (χ2v) is 6.25. The van der Waals surface area contributed by atoms with Gasteiger partial charge in [0, 0.05) is 10.7 Å². The van der Waals surface area contributed by atoms with Crippen LogP contribution in [-0.4, -0.2) is 19.9 Å². The summed E-state index contributed by atoms with van der Waals surface area (Å²) in [6.45, 7) is 2.35. The van der Waals surface area contributed by atoms with Crippen molar-refractivity contribution < 1.29 is 4.39 Å². The molecule has 0 fully saturated rings. The number of nitrogens with one attached hydrogen (secondary N) is 2. The summed E-state index contributed by atoms with van der Waals surface area (Å²) in [5, 5.41) is 11.2. The molecule has 3 aromatic rings. The van der Waals surface area contributed by atoms with Crippen LogP contribution in [-0.2, 0) is 6.54 Å².